The lowest BCUT2D eigenvalue weighted by Gasteiger charge is -2.33. The van der Waals surface area contributed by atoms with Gasteiger partial charge in [0.05, 0.1) is 0 Å². The fourth-order valence-corrected chi connectivity index (χ4v) is 6.52. The first-order valence-electron chi connectivity index (χ1n) is 12.2. The maximum atomic E-state index is 3.80. The van der Waals surface area contributed by atoms with Crippen molar-refractivity contribution in [1.82, 2.24) is 0 Å². The number of unbranched alkanes of at least 4 members (excludes halogenated alkanes) is 6. The molecule has 1 aliphatic rings. The Bertz CT molecular complexity index is 974. The molecule has 0 atom stereocenters. The van der Waals surface area contributed by atoms with E-state index < -0.39 is 0 Å². The lowest BCUT2D eigenvalue weighted by Crippen LogP contribution is -2.25. The van der Waals surface area contributed by atoms with E-state index in [1.807, 2.05) is 11.3 Å². The third-order valence-corrected chi connectivity index (χ3v) is 8.45. The van der Waals surface area contributed by atoms with Gasteiger partial charge in [0, 0.05) is 14.8 Å². The second kappa shape index (κ2) is 10.5. The number of benzene rings is 2. The summed E-state index contributed by atoms with van der Waals surface area (Å²) in [7, 11) is 0. The molecule has 0 fully saturated rings. The van der Waals surface area contributed by atoms with Gasteiger partial charge in [-0.2, -0.15) is 0 Å². The largest absolute Gasteiger partial charge is 0.144 e. The van der Waals surface area contributed by atoms with E-state index in [0.717, 1.165) is 0 Å². The van der Waals surface area contributed by atoms with Crippen molar-refractivity contribution >= 4 is 27.3 Å². The third-order valence-electron chi connectivity index (χ3n) is 7.04. The summed E-state index contributed by atoms with van der Waals surface area (Å²) in [6, 6.07) is 18.7. The monoisotopic (exact) mass is 494 g/mol. The number of thiophene rings is 1. The molecule has 1 aromatic heterocycles. The molecule has 0 radical (unpaired) electrons. The molecule has 2 aromatic carbocycles. The van der Waals surface area contributed by atoms with Crippen molar-refractivity contribution in [3.8, 4) is 21.6 Å². The van der Waals surface area contributed by atoms with E-state index in [0.29, 0.717) is 0 Å². The van der Waals surface area contributed by atoms with Crippen molar-refractivity contribution in [1.29, 1.82) is 0 Å². The van der Waals surface area contributed by atoms with Crippen LogP contribution in [0.15, 0.2) is 58.4 Å². The standard InChI is InChI=1S/C29H35BrS/c1-3-5-7-9-17-29(18-10-8-6-4-2)26-20-22(28-12-11-19-31-28)13-15-24(26)25-16-14-23(30)21-27(25)29/h11-16,19-21H,3-10,17-18H2,1-2H3. The first-order chi connectivity index (χ1) is 15.2. The van der Waals surface area contributed by atoms with Crippen LogP contribution in [0.1, 0.15) is 89.2 Å². The molecule has 0 amide bonds. The molecular formula is C29H35BrS. The molecule has 4 rings (SSSR count). The summed E-state index contributed by atoms with van der Waals surface area (Å²) in [6.45, 7) is 4.62. The van der Waals surface area contributed by atoms with Crippen molar-refractivity contribution in [2.45, 2.75) is 83.5 Å². The van der Waals surface area contributed by atoms with Crippen LogP contribution >= 0.6 is 27.3 Å². The van der Waals surface area contributed by atoms with Crippen LogP contribution in [0, 0.1) is 0 Å². The maximum absolute atomic E-state index is 3.80. The Balaban J connectivity index is 1.80. The van der Waals surface area contributed by atoms with Gasteiger partial charge in [-0.05, 0) is 70.3 Å². The van der Waals surface area contributed by atoms with Gasteiger partial charge in [0.2, 0.25) is 0 Å². The molecule has 0 saturated heterocycles. The normalized spacial score (nSPS) is 13.9. The Morgan fingerprint density at radius 2 is 1.39 bits per heavy atom. The molecule has 0 spiro atoms. The van der Waals surface area contributed by atoms with E-state index in [2.05, 4.69) is 83.7 Å². The molecule has 1 aliphatic carbocycles. The molecule has 0 N–H and O–H groups in total. The molecule has 164 valence electrons. The summed E-state index contributed by atoms with van der Waals surface area (Å²) in [5.74, 6) is 0. The summed E-state index contributed by atoms with van der Waals surface area (Å²) >= 11 is 5.64. The van der Waals surface area contributed by atoms with Gasteiger partial charge in [-0.15, -0.1) is 11.3 Å². The molecular weight excluding hydrogens is 460 g/mol. The van der Waals surface area contributed by atoms with Gasteiger partial charge in [0.25, 0.3) is 0 Å². The first kappa shape index (κ1) is 22.8. The predicted molar refractivity (Wildman–Crippen MR) is 141 cm³/mol. The lowest BCUT2D eigenvalue weighted by atomic mass is 9.70. The molecule has 0 aliphatic heterocycles. The SMILES string of the molecule is CCCCCCC1(CCCCCC)c2cc(Br)ccc2-c2ccc(-c3cccs3)cc21. The zero-order valence-corrected chi connectivity index (χ0v) is 21.5. The number of hydrogen-bond acceptors (Lipinski definition) is 1. The summed E-state index contributed by atoms with van der Waals surface area (Å²) < 4.78 is 1.21. The van der Waals surface area contributed by atoms with Crippen molar-refractivity contribution in [2.75, 3.05) is 0 Å². The van der Waals surface area contributed by atoms with Gasteiger partial charge in [-0.1, -0.05) is 105 Å². The molecule has 0 nitrogen and oxygen atoms in total. The fraction of sp³-hybridized carbons (Fsp3) is 0.448. The van der Waals surface area contributed by atoms with Crippen molar-refractivity contribution in [3.63, 3.8) is 0 Å². The van der Waals surface area contributed by atoms with Crippen molar-refractivity contribution in [3.05, 3.63) is 69.5 Å². The highest BCUT2D eigenvalue weighted by molar-refractivity contribution is 9.10. The zero-order valence-electron chi connectivity index (χ0n) is 19.1. The average Bonchev–Trinajstić information content (AvgIpc) is 3.40. The van der Waals surface area contributed by atoms with Crippen LogP contribution in [-0.2, 0) is 5.41 Å². The summed E-state index contributed by atoms with van der Waals surface area (Å²) in [6.07, 6.45) is 13.1. The van der Waals surface area contributed by atoms with Crippen LogP contribution in [0.3, 0.4) is 0 Å². The van der Waals surface area contributed by atoms with E-state index in [1.165, 1.54) is 90.2 Å². The van der Waals surface area contributed by atoms with Gasteiger partial charge in [-0.25, -0.2) is 0 Å². The number of hydrogen-bond donors (Lipinski definition) is 0. The Kier molecular flexibility index (Phi) is 7.72. The Hall–Kier alpha value is -1.38. The van der Waals surface area contributed by atoms with Gasteiger partial charge < -0.3 is 0 Å². The molecule has 0 unspecified atom stereocenters. The summed E-state index contributed by atoms with van der Waals surface area (Å²) in [5.41, 5.74) is 7.61. The van der Waals surface area contributed by atoms with Crippen LogP contribution in [0.2, 0.25) is 0 Å². The van der Waals surface area contributed by atoms with E-state index in [1.54, 1.807) is 11.1 Å². The highest BCUT2D eigenvalue weighted by Gasteiger charge is 2.42. The molecule has 0 saturated carbocycles. The van der Waals surface area contributed by atoms with Crippen LogP contribution in [0.4, 0.5) is 0 Å². The van der Waals surface area contributed by atoms with Gasteiger partial charge in [0.1, 0.15) is 0 Å². The zero-order chi connectivity index (χ0) is 21.7. The minimum absolute atomic E-state index is 0.156. The van der Waals surface area contributed by atoms with E-state index >= 15 is 0 Å². The van der Waals surface area contributed by atoms with Crippen LogP contribution in [0.25, 0.3) is 21.6 Å². The summed E-state index contributed by atoms with van der Waals surface area (Å²) in [5, 5.41) is 2.19. The Morgan fingerprint density at radius 3 is 2.00 bits per heavy atom. The van der Waals surface area contributed by atoms with E-state index in [9.17, 15) is 0 Å². The number of halogens is 1. The number of fused-ring (bicyclic) bond motifs is 3. The Morgan fingerprint density at radius 1 is 0.742 bits per heavy atom. The minimum Gasteiger partial charge on any atom is -0.144 e. The van der Waals surface area contributed by atoms with Crippen LogP contribution in [0.5, 0.6) is 0 Å². The third kappa shape index (κ3) is 4.71. The lowest BCUT2D eigenvalue weighted by molar-refractivity contribution is 0.401. The second-order valence-corrected chi connectivity index (χ2v) is 11.0. The second-order valence-electron chi connectivity index (χ2n) is 9.13. The number of rotatable bonds is 11. The molecule has 31 heavy (non-hydrogen) atoms. The fourth-order valence-electron chi connectivity index (χ4n) is 5.43. The van der Waals surface area contributed by atoms with Crippen LogP contribution in [-0.4, -0.2) is 0 Å². The Labute approximate surface area is 201 Å². The van der Waals surface area contributed by atoms with Crippen molar-refractivity contribution in [2.24, 2.45) is 0 Å². The summed E-state index contributed by atoms with van der Waals surface area (Å²) in [4.78, 5) is 1.38. The highest BCUT2D eigenvalue weighted by atomic mass is 79.9. The topological polar surface area (TPSA) is 0 Å². The maximum Gasteiger partial charge on any atom is 0.0342 e. The van der Waals surface area contributed by atoms with Gasteiger partial charge in [-0.3, -0.25) is 0 Å². The molecule has 2 heteroatoms. The van der Waals surface area contributed by atoms with E-state index in [-0.39, 0.29) is 5.41 Å². The minimum atomic E-state index is 0.156. The van der Waals surface area contributed by atoms with Gasteiger partial charge >= 0.3 is 0 Å². The van der Waals surface area contributed by atoms with Gasteiger partial charge in [0.15, 0.2) is 0 Å². The first-order valence-corrected chi connectivity index (χ1v) is 13.9. The molecule has 3 aromatic rings. The molecule has 1 heterocycles. The van der Waals surface area contributed by atoms with Crippen molar-refractivity contribution < 1.29 is 0 Å². The highest BCUT2D eigenvalue weighted by Crippen LogP contribution is 2.55. The van der Waals surface area contributed by atoms with Crippen LogP contribution < -0.4 is 0 Å². The predicted octanol–water partition coefficient (Wildman–Crippen LogP) is 10.4. The quantitative estimate of drug-likeness (QED) is 0.232. The molecule has 0 bridgehead atoms. The van der Waals surface area contributed by atoms with E-state index in [4.69, 9.17) is 0 Å². The average molecular weight is 496 g/mol. The smallest absolute Gasteiger partial charge is 0.0342 e.